The zero-order valence-corrected chi connectivity index (χ0v) is 16.5. The maximum absolute atomic E-state index is 13.2. The fourth-order valence-electron chi connectivity index (χ4n) is 3.47. The zero-order chi connectivity index (χ0) is 20.1. The van der Waals surface area contributed by atoms with E-state index < -0.39 is 0 Å². The Morgan fingerprint density at radius 1 is 1.07 bits per heavy atom. The Morgan fingerprint density at radius 3 is 2.39 bits per heavy atom. The minimum absolute atomic E-state index is 0.00146. The van der Waals surface area contributed by atoms with Gasteiger partial charge in [-0.25, -0.2) is 4.68 Å². The Bertz CT molecular complexity index is 916. The summed E-state index contributed by atoms with van der Waals surface area (Å²) in [5, 5.41) is 8.29. The molecule has 2 heterocycles. The molecule has 1 fully saturated rings. The zero-order valence-electron chi connectivity index (χ0n) is 16.5. The summed E-state index contributed by atoms with van der Waals surface area (Å²) in [6.07, 6.45) is 0.761. The molecule has 0 aliphatic carbocycles. The second-order valence-electron chi connectivity index (χ2n) is 6.94. The number of rotatable bonds is 6. The summed E-state index contributed by atoms with van der Waals surface area (Å²) < 4.78 is 1.39. The molecule has 1 aliphatic heterocycles. The number of benzene rings is 1. The lowest BCUT2D eigenvalue weighted by Crippen LogP contribution is -2.51. The largest absolute Gasteiger partial charge is 0.355 e. The van der Waals surface area contributed by atoms with E-state index in [0.717, 1.165) is 6.42 Å². The molecule has 0 saturated carbocycles. The number of piperazine rings is 1. The molecule has 1 aliphatic rings. The van der Waals surface area contributed by atoms with Crippen LogP contribution < -0.4 is 10.9 Å². The van der Waals surface area contributed by atoms with Crippen LogP contribution in [0.2, 0.25) is 0 Å². The molecule has 2 aromatic rings. The van der Waals surface area contributed by atoms with Crippen molar-refractivity contribution in [2.75, 3.05) is 39.3 Å². The Morgan fingerprint density at radius 2 is 1.75 bits per heavy atom. The third kappa shape index (κ3) is 4.22. The molecular formula is C20H27N5O3. The number of hydrogen-bond acceptors (Lipinski definition) is 5. The molecule has 0 radical (unpaired) electrons. The van der Waals surface area contributed by atoms with Gasteiger partial charge < -0.3 is 10.2 Å². The molecule has 8 heteroatoms. The van der Waals surface area contributed by atoms with Crippen molar-refractivity contribution in [2.24, 2.45) is 0 Å². The summed E-state index contributed by atoms with van der Waals surface area (Å²) in [5.41, 5.74) is 0.154. The van der Waals surface area contributed by atoms with Crippen LogP contribution in [-0.2, 0) is 11.3 Å². The van der Waals surface area contributed by atoms with Gasteiger partial charge in [-0.15, -0.1) is 0 Å². The van der Waals surface area contributed by atoms with Crippen LogP contribution in [0.15, 0.2) is 29.1 Å². The highest BCUT2D eigenvalue weighted by Gasteiger charge is 2.26. The molecule has 28 heavy (non-hydrogen) atoms. The van der Waals surface area contributed by atoms with Crippen molar-refractivity contribution in [1.82, 2.24) is 24.9 Å². The summed E-state index contributed by atoms with van der Waals surface area (Å²) in [6.45, 7) is 7.63. The van der Waals surface area contributed by atoms with Crippen LogP contribution in [0.1, 0.15) is 30.8 Å². The van der Waals surface area contributed by atoms with Crippen LogP contribution in [0, 0.1) is 0 Å². The van der Waals surface area contributed by atoms with Gasteiger partial charge >= 0.3 is 0 Å². The number of amides is 2. The van der Waals surface area contributed by atoms with Crippen molar-refractivity contribution in [1.29, 1.82) is 0 Å². The molecule has 3 rings (SSSR count). The average Bonchev–Trinajstić information content (AvgIpc) is 2.70. The number of carbonyl (C=O) groups is 2. The Hall–Kier alpha value is -2.74. The minimum atomic E-state index is -0.168. The van der Waals surface area contributed by atoms with Gasteiger partial charge in [0, 0.05) is 44.7 Å². The molecule has 0 spiro atoms. The van der Waals surface area contributed by atoms with E-state index in [4.69, 9.17) is 0 Å². The highest BCUT2D eigenvalue weighted by molar-refractivity contribution is 6.04. The van der Waals surface area contributed by atoms with Crippen molar-refractivity contribution in [3.05, 3.63) is 40.3 Å². The van der Waals surface area contributed by atoms with Gasteiger partial charge in [-0.05, 0) is 19.4 Å². The Kier molecular flexibility index (Phi) is 6.41. The highest BCUT2D eigenvalue weighted by Crippen LogP contribution is 2.16. The summed E-state index contributed by atoms with van der Waals surface area (Å²) in [4.78, 5) is 41.3. The molecular weight excluding hydrogens is 358 g/mol. The van der Waals surface area contributed by atoms with E-state index in [0.29, 0.717) is 62.3 Å². The van der Waals surface area contributed by atoms with Crippen molar-refractivity contribution in [2.45, 2.75) is 26.8 Å². The number of hydrogen-bond donors (Lipinski definition) is 1. The number of nitrogens with one attached hydrogen (secondary N) is 1. The Labute approximate surface area is 164 Å². The standard InChI is InChI=1S/C20H27N5O3/c1-3-9-25-19(27)16-8-6-5-7-15(16)18(22-25)20(28)24-12-10-23(11-13-24)14-17(26)21-4-2/h5-8H,3-4,9-14H2,1-2H3,(H,21,26). The molecule has 0 bridgehead atoms. The fourth-order valence-corrected chi connectivity index (χ4v) is 3.47. The molecule has 8 nitrogen and oxygen atoms in total. The van der Waals surface area contributed by atoms with Crippen LogP contribution >= 0.6 is 0 Å². The number of aryl methyl sites for hydroxylation is 1. The summed E-state index contributed by atoms with van der Waals surface area (Å²) in [6, 6.07) is 7.13. The van der Waals surface area contributed by atoms with Crippen molar-refractivity contribution < 1.29 is 9.59 Å². The monoisotopic (exact) mass is 385 g/mol. The predicted octanol–water partition coefficient (Wildman–Crippen LogP) is 0.700. The van der Waals surface area contributed by atoms with Gasteiger partial charge in [0.05, 0.1) is 11.9 Å². The van der Waals surface area contributed by atoms with Gasteiger partial charge in [-0.1, -0.05) is 25.1 Å². The quantitative estimate of drug-likeness (QED) is 0.791. The van der Waals surface area contributed by atoms with Gasteiger partial charge in [0.2, 0.25) is 5.91 Å². The summed E-state index contributed by atoms with van der Waals surface area (Å²) in [7, 11) is 0. The second kappa shape index (κ2) is 8.97. The van der Waals surface area contributed by atoms with Gasteiger partial charge in [0.25, 0.3) is 11.5 Å². The molecule has 1 N–H and O–H groups in total. The first kappa shape index (κ1) is 20.0. The number of aromatic nitrogens is 2. The maximum atomic E-state index is 13.2. The summed E-state index contributed by atoms with van der Waals surface area (Å²) in [5.74, 6) is -0.166. The lowest BCUT2D eigenvalue weighted by atomic mass is 10.1. The summed E-state index contributed by atoms with van der Waals surface area (Å²) >= 11 is 0. The van der Waals surface area contributed by atoms with E-state index in [1.54, 1.807) is 23.1 Å². The average molecular weight is 385 g/mol. The first-order chi connectivity index (χ1) is 13.5. The number of nitrogens with zero attached hydrogens (tertiary/aromatic N) is 4. The van der Waals surface area contributed by atoms with Crippen LogP contribution in [0.25, 0.3) is 10.8 Å². The molecule has 2 amide bonds. The molecule has 150 valence electrons. The first-order valence-electron chi connectivity index (χ1n) is 9.83. The SMILES string of the molecule is CCCn1nc(C(=O)N2CCN(CC(=O)NCC)CC2)c2ccccc2c1=O. The van der Waals surface area contributed by atoms with E-state index in [1.807, 2.05) is 24.8 Å². The van der Waals surface area contributed by atoms with E-state index >= 15 is 0 Å². The maximum Gasteiger partial charge on any atom is 0.275 e. The van der Waals surface area contributed by atoms with Crippen LogP contribution in [-0.4, -0.2) is 70.7 Å². The molecule has 0 unspecified atom stereocenters. The Balaban J connectivity index is 1.80. The third-order valence-corrected chi connectivity index (χ3v) is 4.91. The molecule has 1 aromatic carbocycles. The van der Waals surface area contributed by atoms with E-state index in [9.17, 15) is 14.4 Å². The van der Waals surface area contributed by atoms with Crippen molar-refractivity contribution in [3.63, 3.8) is 0 Å². The van der Waals surface area contributed by atoms with E-state index in [-0.39, 0.29) is 17.4 Å². The second-order valence-corrected chi connectivity index (χ2v) is 6.94. The minimum Gasteiger partial charge on any atom is -0.355 e. The topological polar surface area (TPSA) is 87.5 Å². The lowest BCUT2D eigenvalue weighted by molar-refractivity contribution is -0.122. The van der Waals surface area contributed by atoms with Gasteiger partial charge in [0.1, 0.15) is 0 Å². The highest BCUT2D eigenvalue weighted by atomic mass is 16.2. The van der Waals surface area contributed by atoms with Crippen LogP contribution in [0.3, 0.4) is 0 Å². The van der Waals surface area contributed by atoms with Crippen molar-refractivity contribution in [3.8, 4) is 0 Å². The van der Waals surface area contributed by atoms with E-state index in [2.05, 4.69) is 10.4 Å². The van der Waals surface area contributed by atoms with Gasteiger partial charge in [-0.2, -0.15) is 5.10 Å². The third-order valence-electron chi connectivity index (χ3n) is 4.91. The van der Waals surface area contributed by atoms with Crippen molar-refractivity contribution >= 4 is 22.6 Å². The van der Waals surface area contributed by atoms with Gasteiger partial charge in [0.15, 0.2) is 5.69 Å². The van der Waals surface area contributed by atoms with E-state index in [1.165, 1.54) is 4.68 Å². The first-order valence-corrected chi connectivity index (χ1v) is 9.83. The molecule has 1 aromatic heterocycles. The molecule has 0 atom stereocenters. The van der Waals surface area contributed by atoms with Crippen LogP contribution in [0.5, 0.6) is 0 Å². The number of fused-ring (bicyclic) bond motifs is 1. The number of likely N-dealkylation sites (N-methyl/N-ethyl adjacent to an activating group) is 1. The smallest absolute Gasteiger partial charge is 0.275 e. The lowest BCUT2D eigenvalue weighted by Gasteiger charge is -2.34. The normalized spacial score (nSPS) is 15.0. The molecule has 1 saturated heterocycles. The van der Waals surface area contributed by atoms with Gasteiger partial charge in [-0.3, -0.25) is 19.3 Å². The van der Waals surface area contributed by atoms with Crippen LogP contribution in [0.4, 0.5) is 0 Å². The number of carbonyl (C=O) groups excluding carboxylic acids is 2. The predicted molar refractivity (Wildman–Crippen MR) is 107 cm³/mol. The fraction of sp³-hybridized carbons (Fsp3) is 0.500.